The van der Waals surface area contributed by atoms with Gasteiger partial charge in [0.2, 0.25) is 0 Å². The fourth-order valence-electron chi connectivity index (χ4n) is 4.17. The van der Waals surface area contributed by atoms with Crippen LogP contribution in [-0.4, -0.2) is 34.8 Å². The molecular weight excluding hydrogens is 419 g/mol. The molecule has 0 unspecified atom stereocenters. The third-order valence-corrected chi connectivity index (χ3v) is 5.74. The van der Waals surface area contributed by atoms with Crippen LogP contribution in [0.1, 0.15) is 40.2 Å². The van der Waals surface area contributed by atoms with E-state index in [4.69, 9.17) is 4.84 Å². The number of hydrogen-bond acceptors (Lipinski definition) is 4. The maximum atomic E-state index is 14.7. The van der Waals surface area contributed by atoms with Crippen molar-refractivity contribution in [1.82, 2.24) is 5.06 Å². The Labute approximate surface area is 183 Å². The van der Waals surface area contributed by atoms with E-state index in [9.17, 15) is 23.1 Å². The average molecular weight is 441 g/mol. The van der Waals surface area contributed by atoms with E-state index >= 15 is 0 Å². The smallest absolute Gasteiger partial charge is 0.357 e. The molecule has 0 saturated carbocycles. The van der Waals surface area contributed by atoms with Crippen LogP contribution in [0, 0.1) is 17.5 Å². The van der Waals surface area contributed by atoms with Gasteiger partial charge in [0.1, 0.15) is 5.82 Å². The Kier molecular flexibility index (Phi) is 6.58. The van der Waals surface area contributed by atoms with Crippen molar-refractivity contribution in [2.24, 2.45) is 0 Å². The Morgan fingerprint density at radius 1 is 0.969 bits per heavy atom. The molecule has 166 valence electrons. The van der Waals surface area contributed by atoms with E-state index < -0.39 is 41.5 Å². The third-order valence-electron chi connectivity index (χ3n) is 5.74. The molecule has 0 spiro atoms. The van der Waals surface area contributed by atoms with Gasteiger partial charge in [0.15, 0.2) is 11.6 Å². The molecule has 1 saturated heterocycles. The Bertz CT molecular complexity index is 1080. The molecule has 7 heteroatoms. The van der Waals surface area contributed by atoms with Crippen LogP contribution in [0.3, 0.4) is 0 Å². The number of benzene rings is 3. The number of rotatable bonds is 6. The van der Waals surface area contributed by atoms with Gasteiger partial charge in [0.05, 0.1) is 17.7 Å². The van der Waals surface area contributed by atoms with Crippen molar-refractivity contribution < 1.29 is 27.9 Å². The van der Waals surface area contributed by atoms with E-state index in [1.54, 1.807) is 30.3 Å². The lowest BCUT2D eigenvalue weighted by atomic mass is 9.82. The van der Waals surface area contributed by atoms with Gasteiger partial charge >= 0.3 is 5.97 Å². The summed E-state index contributed by atoms with van der Waals surface area (Å²) in [7, 11) is 0. The molecule has 0 aliphatic carbocycles. The van der Waals surface area contributed by atoms with Gasteiger partial charge in [-0.15, -0.1) is 5.06 Å². The summed E-state index contributed by atoms with van der Waals surface area (Å²) < 4.78 is 42.2. The summed E-state index contributed by atoms with van der Waals surface area (Å²) in [5.74, 6) is -4.17. The fraction of sp³-hybridized carbons (Fsp3) is 0.240. The van der Waals surface area contributed by atoms with Crippen LogP contribution in [-0.2, 0) is 4.84 Å². The highest BCUT2D eigenvalue weighted by atomic mass is 19.2. The Morgan fingerprint density at radius 2 is 1.69 bits per heavy atom. The molecule has 0 bridgehead atoms. The second-order valence-corrected chi connectivity index (χ2v) is 7.76. The van der Waals surface area contributed by atoms with Gasteiger partial charge in [0, 0.05) is 18.0 Å². The summed E-state index contributed by atoms with van der Waals surface area (Å²) in [6, 6.07) is 16.8. The lowest BCUT2D eigenvalue weighted by Gasteiger charge is -2.33. The second kappa shape index (κ2) is 9.54. The first-order valence-corrected chi connectivity index (χ1v) is 10.4. The predicted molar refractivity (Wildman–Crippen MR) is 112 cm³/mol. The Hall–Kier alpha value is -3.16. The largest absolute Gasteiger partial charge is 0.390 e. The minimum atomic E-state index is -1.25. The molecule has 3 aromatic carbocycles. The predicted octanol–water partition coefficient (Wildman–Crippen LogP) is 4.83. The van der Waals surface area contributed by atoms with E-state index in [1.165, 1.54) is 41.5 Å². The minimum absolute atomic E-state index is 0.0506. The van der Waals surface area contributed by atoms with Gasteiger partial charge in [-0.3, -0.25) is 0 Å². The zero-order chi connectivity index (χ0) is 22.7. The van der Waals surface area contributed by atoms with Crippen LogP contribution >= 0.6 is 0 Å². The highest BCUT2D eigenvalue weighted by molar-refractivity contribution is 5.89. The van der Waals surface area contributed by atoms with E-state index in [0.717, 1.165) is 6.07 Å². The van der Waals surface area contributed by atoms with Crippen LogP contribution in [0.25, 0.3) is 0 Å². The Morgan fingerprint density at radius 3 is 2.41 bits per heavy atom. The van der Waals surface area contributed by atoms with Crippen molar-refractivity contribution in [3.05, 3.63) is 107 Å². The standard InChI is InChI=1S/C25H22F3NO3/c26-18-13-11-16(12-14-18)22(19-8-4-9-20(27)23(19)28)24(30)21-10-5-15-29(21)32-25(31)17-6-2-1-3-7-17/h1-4,6-9,11-14,21-22,24,30H,5,10,15H2/t21-,22-,24+/m1/s1. The number of halogens is 3. The molecule has 1 fully saturated rings. The SMILES string of the molecule is O=C(ON1CCC[C@@H]1[C@H](O)[C@H](c1ccc(F)cc1)c1cccc(F)c1F)c1ccccc1. The van der Waals surface area contributed by atoms with Gasteiger partial charge in [-0.1, -0.05) is 42.5 Å². The van der Waals surface area contributed by atoms with Crippen molar-refractivity contribution >= 4 is 5.97 Å². The van der Waals surface area contributed by atoms with Gasteiger partial charge < -0.3 is 9.94 Å². The number of hydrogen-bond donors (Lipinski definition) is 1. The summed E-state index contributed by atoms with van der Waals surface area (Å²) >= 11 is 0. The number of carbonyl (C=O) groups excluding carboxylic acids is 1. The first kappa shape index (κ1) is 22.0. The highest BCUT2D eigenvalue weighted by Gasteiger charge is 2.40. The Balaban J connectivity index is 1.65. The lowest BCUT2D eigenvalue weighted by Crippen LogP contribution is -2.43. The van der Waals surface area contributed by atoms with Gasteiger partial charge in [-0.2, -0.15) is 0 Å². The van der Waals surface area contributed by atoms with Gasteiger partial charge in [-0.25, -0.2) is 18.0 Å². The van der Waals surface area contributed by atoms with Crippen LogP contribution in [0.15, 0.2) is 72.8 Å². The van der Waals surface area contributed by atoms with Crippen molar-refractivity contribution in [3.63, 3.8) is 0 Å². The molecular formula is C25H22F3NO3. The maximum Gasteiger partial charge on any atom is 0.357 e. The number of carbonyl (C=O) groups is 1. The zero-order valence-corrected chi connectivity index (χ0v) is 17.1. The van der Waals surface area contributed by atoms with E-state index in [2.05, 4.69) is 0 Å². The number of aliphatic hydroxyl groups excluding tert-OH is 1. The van der Waals surface area contributed by atoms with Crippen LogP contribution in [0.4, 0.5) is 13.2 Å². The van der Waals surface area contributed by atoms with Crippen molar-refractivity contribution in [3.8, 4) is 0 Å². The minimum Gasteiger partial charge on any atom is -0.390 e. The van der Waals surface area contributed by atoms with Gasteiger partial charge in [-0.05, 0) is 48.7 Å². The van der Waals surface area contributed by atoms with E-state index in [-0.39, 0.29) is 5.56 Å². The maximum absolute atomic E-state index is 14.7. The molecule has 1 aliphatic heterocycles. The lowest BCUT2D eigenvalue weighted by molar-refractivity contribution is -0.143. The molecule has 0 amide bonds. The van der Waals surface area contributed by atoms with Crippen LogP contribution in [0.5, 0.6) is 0 Å². The topological polar surface area (TPSA) is 49.8 Å². The molecule has 3 aromatic rings. The summed E-state index contributed by atoms with van der Waals surface area (Å²) in [4.78, 5) is 18.1. The molecule has 1 heterocycles. The number of aliphatic hydroxyl groups is 1. The van der Waals surface area contributed by atoms with E-state index in [1.807, 2.05) is 0 Å². The van der Waals surface area contributed by atoms with Crippen LogP contribution in [0.2, 0.25) is 0 Å². The molecule has 1 N–H and O–H groups in total. The summed E-state index contributed by atoms with van der Waals surface area (Å²) in [6.45, 7) is 0.391. The number of nitrogens with zero attached hydrogens (tertiary/aromatic N) is 1. The summed E-state index contributed by atoms with van der Waals surface area (Å²) in [5, 5.41) is 12.7. The fourth-order valence-corrected chi connectivity index (χ4v) is 4.17. The van der Waals surface area contributed by atoms with Crippen molar-refractivity contribution in [1.29, 1.82) is 0 Å². The molecule has 0 aromatic heterocycles. The average Bonchev–Trinajstić information content (AvgIpc) is 3.26. The third kappa shape index (κ3) is 4.54. The van der Waals surface area contributed by atoms with Crippen LogP contribution < -0.4 is 0 Å². The quantitative estimate of drug-likeness (QED) is 0.595. The summed E-state index contributed by atoms with van der Waals surface area (Å²) in [6.07, 6.45) is -0.119. The normalized spacial score (nSPS) is 18.3. The molecule has 4 nitrogen and oxygen atoms in total. The molecule has 1 aliphatic rings. The first-order chi connectivity index (χ1) is 15.5. The first-order valence-electron chi connectivity index (χ1n) is 10.4. The molecule has 3 atom stereocenters. The van der Waals surface area contributed by atoms with Crippen molar-refractivity contribution in [2.45, 2.75) is 30.9 Å². The zero-order valence-electron chi connectivity index (χ0n) is 17.1. The molecule has 0 radical (unpaired) electrons. The monoisotopic (exact) mass is 441 g/mol. The van der Waals surface area contributed by atoms with Gasteiger partial charge in [0.25, 0.3) is 0 Å². The van der Waals surface area contributed by atoms with E-state index in [0.29, 0.717) is 30.5 Å². The second-order valence-electron chi connectivity index (χ2n) is 7.76. The highest BCUT2D eigenvalue weighted by Crippen LogP contribution is 2.36. The van der Waals surface area contributed by atoms with Crippen molar-refractivity contribution in [2.75, 3.05) is 6.54 Å². The number of hydroxylamine groups is 2. The molecule has 32 heavy (non-hydrogen) atoms. The molecule has 4 rings (SSSR count). The summed E-state index contributed by atoms with van der Waals surface area (Å²) in [5.41, 5.74) is 0.730.